The SMILES string of the molecule is CC(O)C1CCN(CCc2nccn2C)C1. The zero-order chi connectivity index (χ0) is 11.5. The lowest BCUT2D eigenvalue weighted by Gasteiger charge is -2.16. The minimum atomic E-state index is -0.168. The fraction of sp³-hybridized carbons (Fsp3) is 0.750. The Morgan fingerprint density at radius 1 is 1.62 bits per heavy atom. The maximum Gasteiger partial charge on any atom is 0.109 e. The van der Waals surface area contributed by atoms with Crippen LogP contribution in [0.1, 0.15) is 19.2 Å². The minimum absolute atomic E-state index is 0.168. The predicted octanol–water partition coefficient (Wildman–Crippen LogP) is 0.665. The average molecular weight is 223 g/mol. The number of aliphatic hydroxyl groups is 1. The summed E-state index contributed by atoms with van der Waals surface area (Å²) >= 11 is 0. The van der Waals surface area contributed by atoms with E-state index in [-0.39, 0.29) is 6.10 Å². The van der Waals surface area contributed by atoms with Crippen molar-refractivity contribution in [2.75, 3.05) is 19.6 Å². The van der Waals surface area contributed by atoms with Crippen molar-refractivity contribution >= 4 is 0 Å². The number of aryl methyl sites for hydroxylation is 1. The number of hydrogen-bond acceptors (Lipinski definition) is 3. The van der Waals surface area contributed by atoms with Crippen LogP contribution in [0.5, 0.6) is 0 Å². The number of imidazole rings is 1. The molecule has 1 N–H and O–H groups in total. The lowest BCUT2D eigenvalue weighted by Crippen LogP contribution is -2.26. The first-order valence-electron chi connectivity index (χ1n) is 6.03. The highest BCUT2D eigenvalue weighted by Gasteiger charge is 2.25. The van der Waals surface area contributed by atoms with Gasteiger partial charge in [0.05, 0.1) is 6.10 Å². The van der Waals surface area contributed by atoms with Gasteiger partial charge in [-0.1, -0.05) is 0 Å². The molecule has 2 atom stereocenters. The van der Waals surface area contributed by atoms with E-state index in [0.29, 0.717) is 5.92 Å². The highest BCUT2D eigenvalue weighted by atomic mass is 16.3. The quantitative estimate of drug-likeness (QED) is 0.815. The maximum absolute atomic E-state index is 9.52. The van der Waals surface area contributed by atoms with E-state index in [1.165, 1.54) is 0 Å². The van der Waals surface area contributed by atoms with Crippen molar-refractivity contribution in [1.29, 1.82) is 0 Å². The van der Waals surface area contributed by atoms with Crippen LogP contribution in [0.25, 0.3) is 0 Å². The second kappa shape index (κ2) is 4.97. The topological polar surface area (TPSA) is 41.3 Å². The Hall–Kier alpha value is -0.870. The third-order valence-corrected chi connectivity index (χ3v) is 3.56. The first-order valence-corrected chi connectivity index (χ1v) is 6.03. The summed E-state index contributed by atoms with van der Waals surface area (Å²) in [5, 5.41) is 9.52. The van der Waals surface area contributed by atoms with Gasteiger partial charge in [-0.05, 0) is 25.8 Å². The molecule has 1 fully saturated rings. The van der Waals surface area contributed by atoms with Gasteiger partial charge < -0.3 is 14.6 Å². The molecule has 1 aliphatic heterocycles. The van der Waals surface area contributed by atoms with Crippen LogP contribution in [0.15, 0.2) is 12.4 Å². The largest absolute Gasteiger partial charge is 0.393 e. The van der Waals surface area contributed by atoms with E-state index in [2.05, 4.69) is 14.5 Å². The molecule has 0 spiro atoms. The molecule has 0 bridgehead atoms. The van der Waals surface area contributed by atoms with Crippen LogP contribution >= 0.6 is 0 Å². The molecule has 0 saturated carbocycles. The number of aliphatic hydroxyl groups excluding tert-OH is 1. The lowest BCUT2D eigenvalue weighted by molar-refractivity contribution is 0.128. The molecule has 16 heavy (non-hydrogen) atoms. The molecule has 0 aliphatic carbocycles. The molecule has 1 aliphatic rings. The molecule has 0 aromatic carbocycles. The monoisotopic (exact) mass is 223 g/mol. The summed E-state index contributed by atoms with van der Waals surface area (Å²) < 4.78 is 2.07. The molecular formula is C12H21N3O. The molecule has 4 nitrogen and oxygen atoms in total. The van der Waals surface area contributed by atoms with Crippen molar-refractivity contribution < 1.29 is 5.11 Å². The Morgan fingerprint density at radius 3 is 3.00 bits per heavy atom. The Balaban J connectivity index is 1.78. The number of nitrogens with zero attached hydrogens (tertiary/aromatic N) is 3. The summed E-state index contributed by atoms with van der Waals surface area (Å²) in [6, 6.07) is 0. The number of rotatable bonds is 4. The average Bonchev–Trinajstić information content (AvgIpc) is 2.83. The van der Waals surface area contributed by atoms with Gasteiger partial charge in [0.1, 0.15) is 5.82 Å². The van der Waals surface area contributed by atoms with Crippen LogP contribution in [0, 0.1) is 5.92 Å². The van der Waals surface area contributed by atoms with Crippen molar-refractivity contribution in [3.63, 3.8) is 0 Å². The number of hydrogen-bond donors (Lipinski definition) is 1. The maximum atomic E-state index is 9.52. The molecule has 2 heterocycles. The van der Waals surface area contributed by atoms with E-state index >= 15 is 0 Å². The number of likely N-dealkylation sites (tertiary alicyclic amines) is 1. The zero-order valence-electron chi connectivity index (χ0n) is 10.1. The predicted molar refractivity (Wildman–Crippen MR) is 63.1 cm³/mol. The highest BCUT2D eigenvalue weighted by molar-refractivity contribution is 4.92. The van der Waals surface area contributed by atoms with E-state index in [1.807, 2.05) is 26.4 Å². The zero-order valence-corrected chi connectivity index (χ0v) is 10.1. The van der Waals surface area contributed by atoms with E-state index in [1.54, 1.807) is 0 Å². The van der Waals surface area contributed by atoms with E-state index in [9.17, 15) is 5.11 Å². The van der Waals surface area contributed by atoms with Crippen molar-refractivity contribution in [2.45, 2.75) is 25.9 Å². The van der Waals surface area contributed by atoms with Gasteiger partial charge in [-0.2, -0.15) is 0 Å². The summed E-state index contributed by atoms with van der Waals surface area (Å²) in [7, 11) is 2.03. The Kier molecular flexibility index (Phi) is 3.61. The first kappa shape index (κ1) is 11.6. The van der Waals surface area contributed by atoms with Gasteiger partial charge >= 0.3 is 0 Å². The van der Waals surface area contributed by atoms with Gasteiger partial charge in [-0.3, -0.25) is 0 Å². The molecule has 2 rings (SSSR count). The molecule has 0 amide bonds. The first-order chi connectivity index (χ1) is 7.66. The third kappa shape index (κ3) is 2.62. The molecular weight excluding hydrogens is 202 g/mol. The molecule has 2 unspecified atom stereocenters. The fourth-order valence-corrected chi connectivity index (χ4v) is 2.35. The third-order valence-electron chi connectivity index (χ3n) is 3.56. The van der Waals surface area contributed by atoms with E-state index < -0.39 is 0 Å². The van der Waals surface area contributed by atoms with Gasteiger partial charge in [0, 0.05) is 39.0 Å². The smallest absolute Gasteiger partial charge is 0.109 e. The second-order valence-electron chi connectivity index (χ2n) is 4.79. The van der Waals surface area contributed by atoms with Gasteiger partial charge in [-0.25, -0.2) is 4.98 Å². The summed E-state index contributed by atoms with van der Waals surface area (Å²) in [6.07, 6.45) is 5.78. The van der Waals surface area contributed by atoms with Crippen LogP contribution < -0.4 is 0 Å². The molecule has 4 heteroatoms. The van der Waals surface area contributed by atoms with Crippen LogP contribution in [-0.4, -0.2) is 45.3 Å². The van der Waals surface area contributed by atoms with Crippen LogP contribution in [0.3, 0.4) is 0 Å². The van der Waals surface area contributed by atoms with Crippen molar-refractivity contribution in [3.05, 3.63) is 18.2 Å². The summed E-state index contributed by atoms with van der Waals surface area (Å²) in [4.78, 5) is 6.74. The van der Waals surface area contributed by atoms with Crippen LogP contribution in [-0.2, 0) is 13.5 Å². The number of aromatic nitrogens is 2. The molecule has 0 radical (unpaired) electrons. The standard InChI is InChI=1S/C12H21N3O/c1-10(16)11-3-6-15(9-11)7-4-12-13-5-8-14(12)2/h5,8,10-11,16H,3-4,6-7,9H2,1-2H3. The Morgan fingerprint density at radius 2 is 2.44 bits per heavy atom. The van der Waals surface area contributed by atoms with E-state index in [4.69, 9.17) is 0 Å². The highest BCUT2D eigenvalue weighted by Crippen LogP contribution is 2.19. The minimum Gasteiger partial charge on any atom is -0.393 e. The van der Waals surface area contributed by atoms with E-state index in [0.717, 1.165) is 38.3 Å². The summed E-state index contributed by atoms with van der Waals surface area (Å²) in [5.41, 5.74) is 0. The van der Waals surface area contributed by atoms with Gasteiger partial charge in [0.2, 0.25) is 0 Å². The van der Waals surface area contributed by atoms with Gasteiger partial charge in [-0.15, -0.1) is 0 Å². The van der Waals surface area contributed by atoms with Crippen LogP contribution in [0.2, 0.25) is 0 Å². The lowest BCUT2D eigenvalue weighted by atomic mass is 10.0. The Labute approximate surface area is 96.9 Å². The van der Waals surface area contributed by atoms with Crippen molar-refractivity contribution in [2.24, 2.45) is 13.0 Å². The normalized spacial score (nSPS) is 23.8. The van der Waals surface area contributed by atoms with Crippen molar-refractivity contribution in [1.82, 2.24) is 14.5 Å². The molecule has 1 aromatic rings. The van der Waals surface area contributed by atoms with Crippen LogP contribution in [0.4, 0.5) is 0 Å². The molecule has 90 valence electrons. The van der Waals surface area contributed by atoms with Gasteiger partial charge in [0.25, 0.3) is 0 Å². The summed E-state index contributed by atoms with van der Waals surface area (Å²) in [5.74, 6) is 1.60. The van der Waals surface area contributed by atoms with Gasteiger partial charge in [0.15, 0.2) is 0 Å². The fourth-order valence-electron chi connectivity index (χ4n) is 2.35. The second-order valence-corrected chi connectivity index (χ2v) is 4.79. The van der Waals surface area contributed by atoms with Crippen molar-refractivity contribution in [3.8, 4) is 0 Å². The molecule has 1 aromatic heterocycles. The Bertz CT molecular complexity index is 335. The summed E-state index contributed by atoms with van der Waals surface area (Å²) in [6.45, 7) is 5.09. The molecule has 1 saturated heterocycles.